The molecule has 0 aliphatic heterocycles. The Morgan fingerprint density at radius 1 is 1.42 bits per heavy atom. The first kappa shape index (κ1) is 13.4. The van der Waals surface area contributed by atoms with Gasteiger partial charge < -0.3 is 15.0 Å². The third kappa shape index (κ3) is 3.45. The number of hydrogen-bond acceptors (Lipinski definition) is 2. The van der Waals surface area contributed by atoms with E-state index in [-0.39, 0.29) is 0 Å². The summed E-state index contributed by atoms with van der Waals surface area (Å²) < 4.78 is 0. The molecular formula is C15H18N2O2. The minimum atomic E-state index is -0.929. The molecule has 0 saturated heterocycles. The number of carbonyl (C=O) groups is 1. The molecule has 0 aliphatic carbocycles. The fourth-order valence-corrected chi connectivity index (χ4v) is 2.02. The topological polar surface area (TPSA) is 56.3 Å². The lowest BCUT2D eigenvalue weighted by Gasteiger charge is -2.08. The van der Waals surface area contributed by atoms with Gasteiger partial charge in [-0.05, 0) is 49.9 Å². The highest BCUT2D eigenvalue weighted by atomic mass is 16.4. The molecule has 2 N–H and O–H groups in total. The van der Waals surface area contributed by atoms with Crippen LogP contribution in [0.3, 0.4) is 0 Å². The maximum atomic E-state index is 10.5. The van der Waals surface area contributed by atoms with Crippen LogP contribution in [0.25, 0.3) is 17.0 Å². The zero-order chi connectivity index (χ0) is 13.8. The van der Waals surface area contributed by atoms with Crippen molar-refractivity contribution in [1.82, 2.24) is 9.88 Å². The van der Waals surface area contributed by atoms with E-state index in [2.05, 4.69) is 24.0 Å². The van der Waals surface area contributed by atoms with Crippen LogP contribution < -0.4 is 0 Å². The number of nitrogens with one attached hydrogen (secondary N) is 1. The fourth-order valence-electron chi connectivity index (χ4n) is 2.02. The summed E-state index contributed by atoms with van der Waals surface area (Å²) in [4.78, 5) is 15.9. The molecule has 0 unspecified atom stereocenters. The fraction of sp³-hybridized carbons (Fsp3) is 0.267. The molecule has 1 aromatic carbocycles. The average molecular weight is 258 g/mol. The number of likely N-dealkylation sites (N-methyl/N-ethyl adjacent to an activating group) is 1. The zero-order valence-corrected chi connectivity index (χ0v) is 11.2. The van der Waals surface area contributed by atoms with Crippen LogP contribution in [0.2, 0.25) is 0 Å². The van der Waals surface area contributed by atoms with Crippen LogP contribution in [-0.2, 0) is 11.2 Å². The Morgan fingerprint density at radius 2 is 2.21 bits per heavy atom. The van der Waals surface area contributed by atoms with Crippen molar-refractivity contribution < 1.29 is 9.90 Å². The summed E-state index contributed by atoms with van der Waals surface area (Å²) in [5.41, 5.74) is 3.25. The monoisotopic (exact) mass is 258 g/mol. The third-order valence-corrected chi connectivity index (χ3v) is 3.04. The van der Waals surface area contributed by atoms with E-state index >= 15 is 0 Å². The molecule has 0 amide bonds. The standard InChI is InChI=1S/C15H18N2O2/c1-17(2)8-7-12-10-16-14-5-3-11(9-13(12)14)4-6-15(18)19/h3-6,9-10,16H,7-8H2,1-2H3,(H,18,19). The Kier molecular flexibility index (Phi) is 4.02. The Balaban J connectivity index is 2.29. The number of aromatic nitrogens is 1. The number of aliphatic carboxylic acids is 1. The normalized spacial score (nSPS) is 11.7. The van der Waals surface area contributed by atoms with Crippen molar-refractivity contribution in [3.63, 3.8) is 0 Å². The van der Waals surface area contributed by atoms with Gasteiger partial charge in [0.05, 0.1) is 0 Å². The number of H-pyrrole nitrogens is 1. The van der Waals surface area contributed by atoms with Gasteiger partial charge in [-0.25, -0.2) is 4.79 Å². The van der Waals surface area contributed by atoms with Crippen molar-refractivity contribution in [2.24, 2.45) is 0 Å². The van der Waals surface area contributed by atoms with Crippen LogP contribution in [0.1, 0.15) is 11.1 Å². The van der Waals surface area contributed by atoms with E-state index in [1.54, 1.807) is 6.08 Å². The van der Waals surface area contributed by atoms with Crippen LogP contribution in [0.5, 0.6) is 0 Å². The van der Waals surface area contributed by atoms with Gasteiger partial charge in [-0.1, -0.05) is 6.07 Å². The highest BCUT2D eigenvalue weighted by Gasteiger charge is 2.04. The van der Waals surface area contributed by atoms with E-state index in [1.165, 1.54) is 5.56 Å². The van der Waals surface area contributed by atoms with Crippen LogP contribution in [-0.4, -0.2) is 41.6 Å². The highest BCUT2D eigenvalue weighted by molar-refractivity contribution is 5.89. The molecule has 2 aromatic rings. The number of hydrogen-bond donors (Lipinski definition) is 2. The van der Waals surface area contributed by atoms with Crippen LogP contribution in [0.4, 0.5) is 0 Å². The molecule has 4 heteroatoms. The molecule has 0 radical (unpaired) electrons. The maximum Gasteiger partial charge on any atom is 0.328 e. The molecule has 0 saturated carbocycles. The summed E-state index contributed by atoms with van der Waals surface area (Å²) >= 11 is 0. The van der Waals surface area contributed by atoms with Gasteiger partial charge in [0, 0.05) is 29.7 Å². The quantitative estimate of drug-likeness (QED) is 0.809. The zero-order valence-electron chi connectivity index (χ0n) is 11.2. The molecule has 1 heterocycles. The Labute approximate surface area is 112 Å². The van der Waals surface area contributed by atoms with Gasteiger partial charge in [-0.15, -0.1) is 0 Å². The first-order valence-electron chi connectivity index (χ1n) is 6.22. The Morgan fingerprint density at radius 3 is 2.89 bits per heavy atom. The van der Waals surface area contributed by atoms with E-state index in [9.17, 15) is 4.79 Å². The molecule has 100 valence electrons. The summed E-state index contributed by atoms with van der Waals surface area (Å²) in [7, 11) is 4.10. The second-order valence-electron chi connectivity index (χ2n) is 4.84. The molecule has 0 aliphatic rings. The third-order valence-electron chi connectivity index (χ3n) is 3.04. The largest absolute Gasteiger partial charge is 0.478 e. The molecule has 2 rings (SSSR count). The van der Waals surface area contributed by atoms with Gasteiger partial charge in [0.1, 0.15) is 0 Å². The van der Waals surface area contributed by atoms with Crippen molar-refractivity contribution in [3.05, 3.63) is 41.6 Å². The number of aromatic amines is 1. The number of benzene rings is 1. The van der Waals surface area contributed by atoms with Gasteiger partial charge in [-0.2, -0.15) is 0 Å². The predicted octanol–water partition coefficient (Wildman–Crippen LogP) is 2.37. The number of nitrogens with zero attached hydrogens (tertiary/aromatic N) is 1. The molecule has 0 spiro atoms. The molecule has 4 nitrogen and oxygen atoms in total. The minimum absolute atomic E-state index is 0.903. The first-order valence-corrected chi connectivity index (χ1v) is 6.22. The van der Waals surface area contributed by atoms with Gasteiger partial charge >= 0.3 is 5.97 Å². The van der Waals surface area contributed by atoms with Gasteiger partial charge in [-0.3, -0.25) is 0 Å². The van der Waals surface area contributed by atoms with Gasteiger partial charge in [0.25, 0.3) is 0 Å². The van der Waals surface area contributed by atoms with Crippen molar-refractivity contribution in [2.45, 2.75) is 6.42 Å². The molecular weight excluding hydrogens is 240 g/mol. The lowest BCUT2D eigenvalue weighted by molar-refractivity contribution is -0.131. The summed E-state index contributed by atoms with van der Waals surface area (Å²) in [6.07, 6.45) is 5.77. The number of carboxylic acids is 1. The van der Waals surface area contributed by atoms with E-state index in [0.29, 0.717) is 0 Å². The van der Waals surface area contributed by atoms with E-state index < -0.39 is 5.97 Å². The molecule has 0 atom stereocenters. The lowest BCUT2D eigenvalue weighted by atomic mass is 10.1. The molecule has 0 fully saturated rings. The van der Waals surface area contributed by atoms with Gasteiger partial charge in [0.2, 0.25) is 0 Å². The van der Waals surface area contributed by atoms with E-state index in [0.717, 1.165) is 35.5 Å². The van der Waals surface area contributed by atoms with E-state index in [1.807, 2.05) is 24.4 Å². The number of fused-ring (bicyclic) bond motifs is 1. The van der Waals surface area contributed by atoms with Crippen LogP contribution in [0, 0.1) is 0 Å². The average Bonchev–Trinajstić information content (AvgIpc) is 2.76. The molecule has 1 aromatic heterocycles. The lowest BCUT2D eigenvalue weighted by Crippen LogP contribution is -2.14. The van der Waals surface area contributed by atoms with E-state index in [4.69, 9.17) is 5.11 Å². The summed E-state index contributed by atoms with van der Waals surface area (Å²) in [5, 5.41) is 9.81. The maximum absolute atomic E-state index is 10.5. The smallest absolute Gasteiger partial charge is 0.328 e. The van der Waals surface area contributed by atoms with Crippen molar-refractivity contribution in [3.8, 4) is 0 Å². The second kappa shape index (κ2) is 5.71. The van der Waals surface area contributed by atoms with Gasteiger partial charge in [0.15, 0.2) is 0 Å². The number of rotatable bonds is 5. The van der Waals surface area contributed by atoms with Crippen molar-refractivity contribution in [1.29, 1.82) is 0 Å². The summed E-state index contributed by atoms with van der Waals surface area (Å²) in [5.74, 6) is -0.929. The van der Waals surface area contributed by atoms with Crippen molar-refractivity contribution in [2.75, 3.05) is 20.6 Å². The SMILES string of the molecule is CN(C)CCc1c[nH]c2ccc(C=CC(=O)O)cc12. The Hall–Kier alpha value is -2.07. The molecule has 0 bridgehead atoms. The highest BCUT2D eigenvalue weighted by Crippen LogP contribution is 2.21. The van der Waals surface area contributed by atoms with Crippen LogP contribution in [0.15, 0.2) is 30.5 Å². The summed E-state index contributed by atoms with van der Waals surface area (Å²) in [6, 6.07) is 5.92. The van der Waals surface area contributed by atoms with Crippen molar-refractivity contribution >= 4 is 22.9 Å². The number of carboxylic acid groups (broad SMARTS) is 1. The van der Waals surface area contributed by atoms with Crippen LogP contribution >= 0.6 is 0 Å². The summed E-state index contributed by atoms with van der Waals surface area (Å²) in [6.45, 7) is 0.988. The first-order chi connectivity index (χ1) is 9.06. The predicted molar refractivity (Wildman–Crippen MR) is 77.2 cm³/mol. The Bertz CT molecular complexity index is 612. The second-order valence-corrected chi connectivity index (χ2v) is 4.84. The minimum Gasteiger partial charge on any atom is -0.478 e. The molecule has 19 heavy (non-hydrogen) atoms.